The molecule has 74 valence electrons. The van der Waals surface area contributed by atoms with Crippen molar-refractivity contribution in [3.63, 3.8) is 0 Å². The SMILES string of the molecule is O=C1C(O)CCN1c1ccc(Cl)cc1. The molecule has 0 saturated carbocycles. The maximum atomic E-state index is 11.4. The summed E-state index contributed by atoms with van der Waals surface area (Å²) in [6.07, 6.45) is -0.341. The van der Waals surface area contributed by atoms with Gasteiger partial charge in [-0.2, -0.15) is 0 Å². The molecule has 0 aliphatic carbocycles. The predicted octanol–water partition coefficient (Wildman–Crippen LogP) is 1.44. The highest BCUT2D eigenvalue weighted by Gasteiger charge is 2.30. The number of nitrogens with zero attached hydrogens (tertiary/aromatic N) is 1. The summed E-state index contributed by atoms with van der Waals surface area (Å²) < 4.78 is 0. The summed E-state index contributed by atoms with van der Waals surface area (Å²) in [6.45, 7) is 0.571. The van der Waals surface area contributed by atoms with E-state index in [1.165, 1.54) is 0 Å². The summed E-state index contributed by atoms with van der Waals surface area (Å²) in [5, 5.41) is 9.91. The Balaban J connectivity index is 2.24. The Hall–Kier alpha value is -1.06. The van der Waals surface area contributed by atoms with E-state index in [0.717, 1.165) is 5.69 Å². The number of aliphatic hydroxyl groups is 1. The number of aliphatic hydroxyl groups excluding tert-OH is 1. The molecule has 1 amide bonds. The van der Waals surface area contributed by atoms with Gasteiger partial charge in [0.05, 0.1) is 0 Å². The molecule has 4 heteroatoms. The molecule has 14 heavy (non-hydrogen) atoms. The van der Waals surface area contributed by atoms with Crippen LogP contribution in [0.1, 0.15) is 6.42 Å². The average Bonchev–Trinajstić information content (AvgIpc) is 2.50. The monoisotopic (exact) mass is 211 g/mol. The highest BCUT2D eigenvalue weighted by Crippen LogP contribution is 2.23. The molecule has 0 bridgehead atoms. The van der Waals surface area contributed by atoms with Gasteiger partial charge in [-0.15, -0.1) is 0 Å². The third-order valence-electron chi connectivity index (χ3n) is 2.32. The van der Waals surface area contributed by atoms with Gasteiger partial charge in [-0.1, -0.05) is 11.6 Å². The quantitative estimate of drug-likeness (QED) is 0.764. The Bertz CT molecular complexity index is 350. The van der Waals surface area contributed by atoms with Crippen LogP contribution in [0.25, 0.3) is 0 Å². The standard InChI is InChI=1S/C10H10ClNO2/c11-7-1-3-8(4-2-7)12-6-5-9(13)10(12)14/h1-4,9,13H,5-6H2. The van der Waals surface area contributed by atoms with Crippen LogP contribution < -0.4 is 4.90 Å². The van der Waals surface area contributed by atoms with Crippen LogP contribution in [0.4, 0.5) is 5.69 Å². The minimum atomic E-state index is -0.842. The zero-order chi connectivity index (χ0) is 10.1. The predicted molar refractivity (Wildman–Crippen MR) is 54.4 cm³/mol. The van der Waals surface area contributed by atoms with Gasteiger partial charge in [-0.3, -0.25) is 4.79 Å². The number of hydrogen-bond acceptors (Lipinski definition) is 2. The van der Waals surface area contributed by atoms with Crippen molar-refractivity contribution in [3.05, 3.63) is 29.3 Å². The molecule has 1 atom stereocenters. The van der Waals surface area contributed by atoms with Gasteiger partial charge in [0.2, 0.25) is 0 Å². The van der Waals surface area contributed by atoms with Crippen LogP contribution in [0.5, 0.6) is 0 Å². The topological polar surface area (TPSA) is 40.5 Å². The first-order valence-electron chi connectivity index (χ1n) is 4.43. The van der Waals surface area contributed by atoms with Crippen LogP contribution in [-0.2, 0) is 4.79 Å². The first kappa shape index (κ1) is 9.49. The fraction of sp³-hybridized carbons (Fsp3) is 0.300. The van der Waals surface area contributed by atoms with E-state index in [2.05, 4.69) is 0 Å². The van der Waals surface area contributed by atoms with Gasteiger partial charge in [0, 0.05) is 23.7 Å². The summed E-state index contributed by atoms with van der Waals surface area (Å²) in [7, 11) is 0. The van der Waals surface area contributed by atoms with E-state index in [1.54, 1.807) is 29.2 Å². The molecule has 0 spiro atoms. The van der Waals surface area contributed by atoms with E-state index in [4.69, 9.17) is 11.6 Å². The van der Waals surface area contributed by atoms with Crippen LogP contribution in [-0.4, -0.2) is 23.7 Å². The lowest BCUT2D eigenvalue weighted by Crippen LogP contribution is -2.28. The molecular weight excluding hydrogens is 202 g/mol. The van der Waals surface area contributed by atoms with Gasteiger partial charge in [0.15, 0.2) is 0 Å². The lowest BCUT2D eigenvalue weighted by atomic mass is 10.3. The van der Waals surface area contributed by atoms with Crippen molar-refractivity contribution in [2.24, 2.45) is 0 Å². The van der Waals surface area contributed by atoms with E-state index < -0.39 is 6.10 Å². The number of halogens is 1. The number of anilines is 1. The van der Waals surface area contributed by atoms with Crippen molar-refractivity contribution in [1.82, 2.24) is 0 Å². The smallest absolute Gasteiger partial charge is 0.255 e. The van der Waals surface area contributed by atoms with Crippen LogP contribution in [0.3, 0.4) is 0 Å². The largest absolute Gasteiger partial charge is 0.383 e. The van der Waals surface area contributed by atoms with Gasteiger partial charge in [0.1, 0.15) is 6.10 Å². The first-order chi connectivity index (χ1) is 6.68. The molecule has 1 aromatic carbocycles. The maximum Gasteiger partial charge on any atom is 0.255 e. The fourth-order valence-corrected chi connectivity index (χ4v) is 1.67. The third kappa shape index (κ3) is 1.61. The molecule has 1 saturated heterocycles. The number of carbonyl (C=O) groups excluding carboxylic acids is 1. The van der Waals surface area contributed by atoms with E-state index in [1.807, 2.05) is 0 Å². The summed E-state index contributed by atoms with van der Waals surface area (Å²) in [4.78, 5) is 13.0. The summed E-state index contributed by atoms with van der Waals surface area (Å²) in [6, 6.07) is 7.01. The normalized spacial score (nSPS) is 21.7. The Morgan fingerprint density at radius 1 is 1.36 bits per heavy atom. The number of carbonyl (C=O) groups is 1. The van der Waals surface area contributed by atoms with E-state index >= 15 is 0 Å². The second kappa shape index (κ2) is 3.59. The fourth-order valence-electron chi connectivity index (χ4n) is 1.54. The molecule has 3 nitrogen and oxygen atoms in total. The van der Waals surface area contributed by atoms with Gasteiger partial charge in [-0.05, 0) is 24.3 Å². The van der Waals surface area contributed by atoms with Crippen LogP contribution in [0.2, 0.25) is 5.02 Å². The van der Waals surface area contributed by atoms with Gasteiger partial charge < -0.3 is 10.0 Å². The summed E-state index contributed by atoms with van der Waals surface area (Å²) in [5.41, 5.74) is 0.788. The second-order valence-electron chi connectivity index (χ2n) is 3.27. The Kier molecular flexibility index (Phi) is 2.44. The van der Waals surface area contributed by atoms with Crippen molar-refractivity contribution in [2.45, 2.75) is 12.5 Å². The maximum absolute atomic E-state index is 11.4. The Morgan fingerprint density at radius 2 is 2.00 bits per heavy atom. The Morgan fingerprint density at radius 3 is 2.50 bits per heavy atom. The first-order valence-corrected chi connectivity index (χ1v) is 4.81. The second-order valence-corrected chi connectivity index (χ2v) is 3.71. The number of benzene rings is 1. The molecule has 1 heterocycles. The van der Waals surface area contributed by atoms with Gasteiger partial charge in [-0.25, -0.2) is 0 Å². The summed E-state index contributed by atoms with van der Waals surface area (Å²) >= 11 is 5.73. The van der Waals surface area contributed by atoms with E-state index in [-0.39, 0.29) is 5.91 Å². The zero-order valence-corrected chi connectivity index (χ0v) is 8.24. The number of rotatable bonds is 1. The van der Waals surface area contributed by atoms with Crippen LogP contribution in [0, 0.1) is 0 Å². The third-order valence-corrected chi connectivity index (χ3v) is 2.57. The molecular formula is C10H10ClNO2. The lowest BCUT2D eigenvalue weighted by molar-refractivity contribution is -0.123. The number of amides is 1. The van der Waals surface area contributed by atoms with Crippen molar-refractivity contribution < 1.29 is 9.90 Å². The minimum Gasteiger partial charge on any atom is -0.383 e. The molecule has 0 radical (unpaired) electrons. The van der Waals surface area contributed by atoms with E-state index in [0.29, 0.717) is 18.0 Å². The van der Waals surface area contributed by atoms with Crippen molar-refractivity contribution in [3.8, 4) is 0 Å². The highest BCUT2D eigenvalue weighted by atomic mass is 35.5. The van der Waals surface area contributed by atoms with Gasteiger partial charge in [0.25, 0.3) is 5.91 Å². The summed E-state index contributed by atoms with van der Waals surface area (Å²) in [5.74, 6) is -0.229. The van der Waals surface area contributed by atoms with E-state index in [9.17, 15) is 9.90 Å². The van der Waals surface area contributed by atoms with Gasteiger partial charge >= 0.3 is 0 Å². The molecule has 1 fully saturated rings. The molecule has 0 aromatic heterocycles. The molecule has 1 aliphatic rings. The molecule has 1 N–H and O–H groups in total. The van der Waals surface area contributed by atoms with Crippen LogP contribution >= 0.6 is 11.6 Å². The highest BCUT2D eigenvalue weighted by molar-refractivity contribution is 6.30. The van der Waals surface area contributed by atoms with Crippen LogP contribution in [0.15, 0.2) is 24.3 Å². The van der Waals surface area contributed by atoms with Crippen molar-refractivity contribution in [2.75, 3.05) is 11.4 Å². The molecule has 1 aromatic rings. The Labute approximate surface area is 86.9 Å². The van der Waals surface area contributed by atoms with Crippen molar-refractivity contribution in [1.29, 1.82) is 0 Å². The zero-order valence-electron chi connectivity index (χ0n) is 7.48. The average molecular weight is 212 g/mol. The lowest BCUT2D eigenvalue weighted by Gasteiger charge is -2.15. The molecule has 1 unspecified atom stereocenters. The number of hydrogen-bond donors (Lipinski definition) is 1. The van der Waals surface area contributed by atoms with Crippen molar-refractivity contribution >= 4 is 23.2 Å². The minimum absolute atomic E-state index is 0.229. The molecule has 2 rings (SSSR count). The molecule has 1 aliphatic heterocycles.